The van der Waals surface area contributed by atoms with Gasteiger partial charge >= 0.3 is 0 Å². The van der Waals surface area contributed by atoms with Crippen LogP contribution in [-0.4, -0.2) is 12.5 Å². The number of anilines is 1. The molecule has 0 bridgehead atoms. The van der Waals surface area contributed by atoms with Crippen molar-refractivity contribution in [2.24, 2.45) is 0 Å². The Kier molecular flexibility index (Phi) is 6.15. The normalized spacial score (nSPS) is 11.8. The Labute approximate surface area is 160 Å². The van der Waals surface area contributed by atoms with E-state index >= 15 is 0 Å². The van der Waals surface area contributed by atoms with Crippen molar-refractivity contribution in [3.63, 3.8) is 0 Å². The predicted molar refractivity (Wildman–Crippen MR) is 105 cm³/mol. The van der Waals surface area contributed by atoms with E-state index in [4.69, 9.17) is 0 Å². The lowest BCUT2D eigenvalue weighted by Gasteiger charge is -2.20. The Morgan fingerprint density at radius 1 is 0.885 bits per heavy atom. The summed E-state index contributed by atoms with van der Waals surface area (Å²) in [6, 6.07) is 23.3. The molecule has 3 rings (SSSR count). The maximum Gasteiger partial charge on any atom is 0.238 e. The lowest BCUT2D eigenvalue weighted by Crippen LogP contribution is -2.32. The summed E-state index contributed by atoms with van der Waals surface area (Å²) in [6.07, 6.45) is 0. The minimum absolute atomic E-state index is 0.123. The number of nitrogens with one attached hydrogen (secondary N) is 2. The summed E-state index contributed by atoms with van der Waals surface area (Å²) < 4.78 is 14.1. The van der Waals surface area contributed by atoms with E-state index in [1.54, 1.807) is 12.1 Å². The van der Waals surface area contributed by atoms with Gasteiger partial charge in [0.25, 0.3) is 0 Å². The Morgan fingerprint density at radius 2 is 1.50 bits per heavy atom. The first-order valence-electron chi connectivity index (χ1n) is 8.21. The predicted octanol–water partition coefficient (Wildman–Crippen LogP) is 4.91. The largest absolute Gasteiger partial charge is 0.324 e. The molecule has 2 N–H and O–H groups in total. The average Bonchev–Trinajstić information content (AvgIpc) is 2.66. The molecule has 1 amide bonds. The van der Waals surface area contributed by atoms with Gasteiger partial charge in [-0.15, -0.1) is 0 Å². The smallest absolute Gasteiger partial charge is 0.238 e. The Morgan fingerprint density at radius 3 is 2.19 bits per heavy atom. The van der Waals surface area contributed by atoms with Gasteiger partial charge in [0.05, 0.1) is 18.3 Å². The van der Waals surface area contributed by atoms with Crippen molar-refractivity contribution in [2.45, 2.75) is 6.04 Å². The summed E-state index contributed by atoms with van der Waals surface area (Å²) in [7, 11) is 0. The fourth-order valence-electron chi connectivity index (χ4n) is 2.68. The summed E-state index contributed by atoms with van der Waals surface area (Å²) in [4.78, 5) is 12.3. The zero-order valence-corrected chi connectivity index (χ0v) is 15.5. The third-order valence-corrected chi connectivity index (χ3v) is 4.64. The highest BCUT2D eigenvalue weighted by Crippen LogP contribution is 2.23. The molecule has 0 aromatic heterocycles. The van der Waals surface area contributed by atoms with Gasteiger partial charge < -0.3 is 5.32 Å². The molecule has 0 heterocycles. The highest BCUT2D eigenvalue weighted by molar-refractivity contribution is 9.10. The molecule has 0 fully saturated rings. The topological polar surface area (TPSA) is 41.1 Å². The number of rotatable bonds is 6. The monoisotopic (exact) mass is 412 g/mol. The molecule has 26 heavy (non-hydrogen) atoms. The molecule has 3 aromatic rings. The van der Waals surface area contributed by atoms with E-state index in [9.17, 15) is 9.18 Å². The standard InChI is InChI=1S/C21H18BrFN2O/c22-18-8-4-5-9-19(18)25-20(26)14-24-21(15-6-2-1-3-7-15)16-10-12-17(23)13-11-16/h1-13,21,24H,14H2,(H,25,26). The van der Waals surface area contributed by atoms with Crippen LogP contribution in [0.4, 0.5) is 10.1 Å². The van der Waals surface area contributed by atoms with E-state index in [0.29, 0.717) is 0 Å². The van der Waals surface area contributed by atoms with E-state index in [0.717, 1.165) is 21.3 Å². The number of hydrogen-bond donors (Lipinski definition) is 2. The summed E-state index contributed by atoms with van der Waals surface area (Å²) in [5.74, 6) is -0.438. The van der Waals surface area contributed by atoms with Crippen LogP contribution < -0.4 is 10.6 Å². The van der Waals surface area contributed by atoms with E-state index < -0.39 is 0 Å². The number of carbonyl (C=O) groups is 1. The molecule has 0 saturated heterocycles. The molecule has 132 valence electrons. The molecule has 0 aliphatic rings. The molecule has 0 aliphatic carbocycles. The lowest BCUT2D eigenvalue weighted by molar-refractivity contribution is -0.115. The number of benzene rings is 3. The van der Waals surface area contributed by atoms with Crippen molar-refractivity contribution in [3.8, 4) is 0 Å². The van der Waals surface area contributed by atoms with Gasteiger partial charge in [-0.05, 0) is 51.3 Å². The SMILES string of the molecule is O=C(CNC(c1ccccc1)c1ccc(F)cc1)Nc1ccccc1Br. The zero-order chi connectivity index (χ0) is 18.4. The molecule has 0 saturated carbocycles. The summed E-state index contributed by atoms with van der Waals surface area (Å²) in [6.45, 7) is 0.123. The second-order valence-electron chi connectivity index (χ2n) is 5.80. The van der Waals surface area contributed by atoms with E-state index in [-0.39, 0.29) is 24.3 Å². The van der Waals surface area contributed by atoms with Crippen molar-refractivity contribution >= 4 is 27.5 Å². The van der Waals surface area contributed by atoms with Crippen LogP contribution in [0.5, 0.6) is 0 Å². The lowest BCUT2D eigenvalue weighted by atomic mass is 9.98. The second kappa shape index (κ2) is 8.74. The van der Waals surface area contributed by atoms with Gasteiger partial charge in [-0.2, -0.15) is 0 Å². The van der Waals surface area contributed by atoms with Crippen LogP contribution in [0.2, 0.25) is 0 Å². The molecule has 0 radical (unpaired) electrons. The third kappa shape index (κ3) is 4.77. The number of carbonyl (C=O) groups excluding carboxylic acids is 1. The molecule has 1 atom stereocenters. The number of hydrogen-bond acceptors (Lipinski definition) is 2. The molecular formula is C21H18BrFN2O. The molecule has 0 spiro atoms. The average molecular weight is 413 g/mol. The van der Waals surface area contributed by atoms with Crippen LogP contribution in [0.25, 0.3) is 0 Å². The second-order valence-corrected chi connectivity index (χ2v) is 6.66. The maximum atomic E-state index is 13.3. The molecule has 5 heteroatoms. The summed E-state index contributed by atoms with van der Waals surface area (Å²) >= 11 is 3.41. The van der Waals surface area contributed by atoms with Gasteiger partial charge in [-0.25, -0.2) is 4.39 Å². The van der Waals surface area contributed by atoms with E-state index in [1.165, 1.54) is 12.1 Å². The van der Waals surface area contributed by atoms with E-state index in [1.807, 2.05) is 54.6 Å². The van der Waals surface area contributed by atoms with Crippen molar-refractivity contribution in [2.75, 3.05) is 11.9 Å². The number of amides is 1. The van der Waals surface area contributed by atoms with Gasteiger partial charge in [-0.1, -0.05) is 54.6 Å². The molecular weight excluding hydrogens is 395 g/mol. The molecule has 3 nitrogen and oxygen atoms in total. The Balaban J connectivity index is 1.73. The number of para-hydroxylation sites is 1. The molecule has 1 unspecified atom stereocenters. The minimum Gasteiger partial charge on any atom is -0.324 e. The Hall–Kier alpha value is -2.50. The first-order chi connectivity index (χ1) is 12.6. The Bertz CT molecular complexity index is 869. The van der Waals surface area contributed by atoms with Crippen LogP contribution in [0.15, 0.2) is 83.3 Å². The van der Waals surface area contributed by atoms with Gasteiger partial charge in [0.2, 0.25) is 5.91 Å². The highest BCUT2D eigenvalue weighted by Gasteiger charge is 2.15. The first kappa shape index (κ1) is 18.3. The van der Waals surface area contributed by atoms with Crippen molar-refractivity contribution < 1.29 is 9.18 Å². The fourth-order valence-corrected chi connectivity index (χ4v) is 3.06. The third-order valence-electron chi connectivity index (χ3n) is 3.95. The molecule has 3 aromatic carbocycles. The van der Waals surface area contributed by atoms with Gasteiger partial charge in [0.15, 0.2) is 0 Å². The van der Waals surface area contributed by atoms with Crippen LogP contribution in [0.1, 0.15) is 17.2 Å². The molecule has 0 aliphatic heterocycles. The zero-order valence-electron chi connectivity index (χ0n) is 14.0. The van der Waals surface area contributed by atoms with Crippen LogP contribution >= 0.6 is 15.9 Å². The van der Waals surface area contributed by atoms with Gasteiger partial charge in [-0.3, -0.25) is 10.1 Å². The summed E-state index contributed by atoms with van der Waals surface area (Å²) in [5.41, 5.74) is 2.62. The van der Waals surface area contributed by atoms with Crippen LogP contribution in [-0.2, 0) is 4.79 Å². The van der Waals surface area contributed by atoms with Crippen molar-refractivity contribution in [1.82, 2.24) is 5.32 Å². The van der Waals surface area contributed by atoms with Crippen LogP contribution in [0.3, 0.4) is 0 Å². The minimum atomic E-state index is -0.285. The first-order valence-corrected chi connectivity index (χ1v) is 9.01. The number of halogens is 2. The van der Waals surface area contributed by atoms with Crippen molar-refractivity contribution in [1.29, 1.82) is 0 Å². The summed E-state index contributed by atoms with van der Waals surface area (Å²) in [5, 5.41) is 6.13. The highest BCUT2D eigenvalue weighted by atomic mass is 79.9. The maximum absolute atomic E-state index is 13.3. The quantitative estimate of drug-likeness (QED) is 0.603. The van der Waals surface area contributed by atoms with Crippen molar-refractivity contribution in [3.05, 3.63) is 100 Å². The van der Waals surface area contributed by atoms with E-state index in [2.05, 4.69) is 26.6 Å². The fraction of sp³-hybridized carbons (Fsp3) is 0.0952. The van der Waals surface area contributed by atoms with Gasteiger partial charge in [0.1, 0.15) is 5.82 Å². The van der Waals surface area contributed by atoms with Crippen LogP contribution in [0, 0.1) is 5.82 Å². The van der Waals surface area contributed by atoms with Gasteiger partial charge in [0, 0.05) is 4.47 Å².